The maximum absolute atomic E-state index is 12.1. The highest BCUT2D eigenvalue weighted by molar-refractivity contribution is 9.09. The van der Waals surface area contributed by atoms with Crippen LogP contribution in [0, 0.1) is 0 Å². The number of hydrogen-bond acceptors (Lipinski definition) is 1. The minimum atomic E-state index is -2.82. The van der Waals surface area contributed by atoms with Crippen LogP contribution in [-0.4, -0.2) is 6.61 Å². The Morgan fingerprint density at radius 3 is 2.05 bits per heavy atom. The van der Waals surface area contributed by atoms with E-state index in [1.807, 2.05) is 6.07 Å². The maximum Gasteiger partial charge on any atom is 0.387 e. The van der Waals surface area contributed by atoms with Crippen molar-refractivity contribution in [1.29, 1.82) is 0 Å². The molecule has 0 spiro atoms. The quantitative estimate of drug-likeness (QED) is 0.583. The zero-order valence-corrected chi connectivity index (χ0v) is 13.1. The van der Waals surface area contributed by atoms with Gasteiger partial charge in [0.15, 0.2) is 0 Å². The molecule has 0 saturated heterocycles. The molecule has 6 heteroatoms. The molecule has 106 valence electrons. The zero-order chi connectivity index (χ0) is 14.7. The van der Waals surface area contributed by atoms with Gasteiger partial charge in [0.25, 0.3) is 0 Å². The summed E-state index contributed by atoms with van der Waals surface area (Å²) >= 11 is 15.4. The molecule has 0 radical (unpaired) electrons. The molecule has 0 aliphatic carbocycles. The Kier molecular flexibility index (Phi) is 5.24. The van der Waals surface area contributed by atoms with E-state index < -0.39 is 6.61 Å². The molecule has 0 aromatic heterocycles. The Labute approximate surface area is 133 Å². The number of benzene rings is 2. The van der Waals surface area contributed by atoms with Gasteiger partial charge in [-0.1, -0.05) is 57.3 Å². The lowest BCUT2D eigenvalue weighted by molar-refractivity contribution is -0.0498. The molecule has 0 bridgehead atoms. The molecule has 0 fully saturated rings. The van der Waals surface area contributed by atoms with Crippen LogP contribution in [0.1, 0.15) is 16.0 Å². The maximum atomic E-state index is 12.1. The van der Waals surface area contributed by atoms with Crippen molar-refractivity contribution in [3.05, 3.63) is 63.6 Å². The van der Waals surface area contributed by atoms with Crippen molar-refractivity contribution in [2.24, 2.45) is 0 Å². The summed E-state index contributed by atoms with van der Waals surface area (Å²) in [6, 6.07) is 11.7. The lowest BCUT2D eigenvalue weighted by Crippen LogP contribution is -2.02. The van der Waals surface area contributed by atoms with E-state index in [4.69, 9.17) is 23.2 Å². The molecular weight excluding hydrogens is 373 g/mol. The van der Waals surface area contributed by atoms with Crippen molar-refractivity contribution in [1.82, 2.24) is 0 Å². The molecule has 0 aliphatic heterocycles. The van der Waals surface area contributed by atoms with Crippen LogP contribution in [0.4, 0.5) is 8.78 Å². The molecule has 2 rings (SSSR count). The van der Waals surface area contributed by atoms with E-state index in [0.717, 1.165) is 11.1 Å². The highest BCUT2D eigenvalue weighted by Crippen LogP contribution is 2.34. The van der Waals surface area contributed by atoms with Gasteiger partial charge in [-0.15, -0.1) is 0 Å². The van der Waals surface area contributed by atoms with E-state index in [1.54, 1.807) is 24.3 Å². The summed E-state index contributed by atoms with van der Waals surface area (Å²) in [4.78, 5) is -0.113. The van der Waals surface area contributed by atoms with Crippen LogP contribution in [0.2, 0.25) is 10.0 Å². The van der Waals surface area contributed by atoms with Crippen LogP contribution in [-0.2, 0) is 0 Å². The van der Waals surface area contributed by atoms with Gasteiger partial charge in [0.2, 0.25) is 0 Å². The van der Waals surface area contributed by atoms with Gasteiger partial charge in [-0.25, -0.2) is 0 Å². The molecule has 2 aromatic rings. The standard InChI is InChI=1S/C14H9BrCl2F2O/c15-13(9-3-6-11(16)12(17)7-9)8-1-4-10(5-2-8)20-14(18)19/h1-7,13-14H. The van der Waals surface area contributed by atoms with Crippen molar-refractivity contribution in [2.75, 3.05) is 0 Å². The number of hydrogen-bond donors (Lipinski definition) is 0. The van der Waals surface area contributed by atoms with Crippen LogP contribution in [0.3, 0.4) is 0 Å². The summed E-state index contributed by atoms with van der Waals surface area (Å²) in [6.07, 6.45) is 0. The smallest absolute Gasteiger partial charge is 0.387 e. The lowest BCUT2D eigenvalue weighted by Gasteiger charge is -2.12. The molecule has 0 N–H and O–H groups in total. The van der Waals surface area contributed by atoms with Gasteiger partial charge in [-0.3, -0.25) is 0 Å². The van der Waals surface area contributed by atoms with E-state index in [0.29, 0.717) is 10.0 Å². The second-order valence-corrected chi connectivity index (χ2v) is 5.71. The topological polar surface area (TPSA) is 9.23 Å². The van der Waals surface area contributed by atoms with E-state index in [1.165, 1.54) is 12.1 Å². The van der Waals surface area contributed by atoms with Crippen molar-refractivity contribution < 1.29 is 13.5 Å². The highest BCUT2D eigenvalue weighted by Gasteiger charge is 2.12. The molecule has 1 nitrogen and oxygen atoms in total. The number of rotatable bonds is 4. The molecule has 0 amide bonds. The Balaban J connectivity index is 2.20. The average molecular weight is 382 g/mol. The minimum Gasteiger partial charge on any atom is -0.435 e. The second-order valence-electron chi connectivity index (χ2n) is 3.98. The predicted octanol–water partition coefficient (Wildman–Crippen LogP) is 6.08. The highest BCUT2D eigenvalue weighted by atomic mass is 79.9. The first-order valence-electron chi connectivity index (χ1n) is 5.61. The third kappa shape index (κ3) is 3.84. The fraction of sp³-hybridized carbons (Fsp3) is 0.143. The molecule has 1 unspecified atom stereocenters. The van der Waals surface area contributed by atoms with E-state index in [-0.39, 0.29) is 10.6 Å². The molecule has 1 atom stereocenters. The molecule has 20 heavy (non-hydrogen) atoms. The van der Waals surface area contributed by atoms with Crippen molar-refractivity contribution in [2.45, 2.75) is 11.4 Å². The fourth-order valence-corrected chi connectivity index (χ4v) is 2.58. The Morgan fingerprint density at radius 2 is 1.50 bits per heavy atom. The largest absolute Gasteiger partial charge is 0.435 e. The lowest BCUT2D eigenvalue weighted by atomic mass is 10.0. The van der Waals surface area contributed by atoms with Crippen molar-refractivity contribution in [3.8, 4) is 5.75 Å². The Morgan fingerprint density at radius 1 is 0.900 bits per heavy atom. The van der Waals surface area contributed by atoms with Gasteiger partial charge in [0.05, 0.1) is 14.9 Å². The molecule has 0 heterocycles. The summed E-state index contributed by atoms with van der Waals surface area (Å²) in [5.41, 5.74) is 1.81. The van der Waals surface area contributed by atoms with E-state index in [2.05, 4.69) is 20.7 Å². The van der Waals surface area contributed by atoms with Crippen LogP contribution in [0.15, 0.2) is 42.5 Å². The summed E-state index contributed by atoms with van der Waals surface area (Å²) in [5, 5.41) is 0.946. The summed E-state index contributed by atoms with van der Waals surface area (Å²) in [5.74, 6) is 0.123. The monoisotopic (exact) mass is 380 g/mol. The third-order valence-corrected chi connectivity index (χ3v) is 4.43. The van der Waals surface area contributed by atoms with Gasteiger partial charge < -0.3 is 4.74 Å². The third-order valence-electron chi connectivity index (χ3n) is 2.63. The van der Waals surface area contributed by atoms with E-state index >= 15 is 0 Å². The molecule has 0 aliphatic rings. The van der Waals surface area contributed by atoms with E-state index in [9.17, 15) is 8.78 Å². The zero-order valence-electron chi connectivity index (χ0n) is 9.99. The van der Waals surface area contributed by atoms with Crippen molar-refractivity contribution in [3.63, 3.8) is 0 Å². The summed E-state index contributed by atoms with van der Waals surface area (Å²) in [7, 11) is 0. The predicted molar refractivity (Wildman–Crippen MR) is 80.3 cm³/mol. The minimum absolute atomic E-state index is 0.113. The molecular formula is C14H9BrCl2F2O. The molecule has 0 saturated carbocycles. The summed E-state index contributed by atoms with van der Waals surface area (Å²) < 4.78 is 28.4. The Hall–Kier alpha value is -0.840. The van der Waals surface area contributed by atoms with Gasteiger partial charge in [-0.2, -0.15) is 8.78 Å². The second kappa shape index (κ2) is 6.74. The first-order valence-corrected chi connectivity index (χ1v) is 7.28. The number of alkyl halides is 3. The Bertz CT molecular complexity index is 590. The average Bonchev–Trinajstić information content (AvgIpc) is 2.41. The first kappa shape index (κ1) is 15.5. The first-order chi connectivity index (χ1) is 9.47. The number of ether oxygens (including phenoxy) is 1. The summed E-state index contributed by atoms with van der Waals surface area (Å²) in [6.45, 7) is -2.82. The fourth-order valence-electron chi connectivity index (χ4n) is 1.68. The molecule has 2 aromatic carbocycles. The van der Waals surface area contributed by atoms with Crippen molar-refractivity contribution >= 4 is 39.1 Å². The van der Waals surface area contributed by atoms with Gasteiger partial charge in [-0.05, 0) is 35.4 Å². The normalized spacial score (nSPS) is 12.5. The van der Waals surface area contributed by atoms with Gasteiger partial charge in [0, 0.05) is 0 Å². The number of halogens is 5. The van der Waals surface area contributed by atoms with Crippen LogP contribution < -0.4 is 4.74 Å². The van der Waals surface area contributed by atoms with Crippen LogP contribution in [0.25, 0.3) is 0 Å². The van der Waals surface area contributed by atoms with Gasteiger partial charge >= 0.3 is 6.61 Å². The van der Waals surface area contributed by atoms with Crippen LogP contribution in [0.5, 0.6) is 5.75 Å². The van der Waals surface area contributed by atoms with Gasteiger partial charge in [0.1, 0.15) is 5.75 Å². The SMILES string of the molecule is FC(F)Oc1ccc(C(Br)c2ccc(Cl)c(Cl)c2)cc1. The van der Waals surface area contributed by atoms with Crippen LogP contribution >= 0.6 is 39.1 Å².